The number of hydrogen-bond acceptors (Lipinski definition) is 10. The van der Waals surface area contributed by atoms with Crippen molar-refractivity contribution in [2.24, 2.45) is 0 Å². The van der Waals surface area contributed by atoms with Crippen LogP contribution in [-0.2, 0) is 9.53 Å². The molecule has 2 aromatic heterocycles. The Balaban J connectivity index is 1.28. The van der Waals surface area contributed by atoms with E-state index < -0.39 is 5.97 Å². The van der Waals surface area contributed by atoms with Crippen LogP contribution in [0.2, 0.25) is 4.34 Å². The van der Waals surface area contributed by atoms with E-state index in [0.717, 1.165) is 23.1 Å². The molecule has 1 aliphatic heterocycles. The fraction of sp³-hybridized carbons (Fsp3) is 0.176. The summed E-state index contributed by atoms with van der Waals surface area (Å²) in [6.07, 6.45) is 0. The number of aromatic nitrogens is 2. The third-order valence-corrected chi connectivity index (χ3v) is 5.62. The average Bonchev–Trinajstić information content (AvgIpc) is 3.43. The Morgan fingerprint density at radius 2 is 2.04 bits per heavy atom. The molecule has 0 aliphatic carbocycles. The van der Waals surface area contributed by atoms with Crippen molar-refractivity contribution in [3.63, 3.8) is 0 Å². The third-order valence-electron chi connectivity index (χ3n) is 3.55. The topological polar surface area (TPSA) is 101 Å². The van der Waals surface area contributed by atoms with Gasteiger partial charge in [0.15, 0.2) is 18.1 Å². The van der Waals surface area contributed by atoms with Crippen LogP contribution in [0.4, 0.5) is 0 Å². The molecule has 3 heterocycles. The second kappa shape index (κ2) is 8.21. The lowest BCUT2D eigenvalue weighted by Gasteiger charge is -2.01. The quantitative estimate of drug-likeness (QED) is 0.310. The van der Waals surface area contributed by atoms with Crippen molar-refractivity contribution in [3.8, 4) is 23.0 Å². The maximum absolute atomic E-state index is 11.9. The number of ketones is 1. The number of carbonyl (C=O) groups excluding carboxylic acids is 2. The maximum atomic E-state index is 11.9. The molecule has 11 heteroatoms. The number of rotatable bonds is 7. The van der Waals surface area contributed by atoms with E-state index in [9.17, 15) is 9.59 Å². The first-order valence-corrected chi connectivity index (χ1v) is 10.1. The third kappa shape index (κ3) is 4.29. The molecule has 1 aromatic carbocycles. The zero-order chi connectivity index (χ0) is 19.5. The molecular weight excluding hydrogens is 428 g/mol. The first-order chi connectivity index (χ1) is 13.6. The molecule has 0 unspecified atom stereocenters. The minimum atomic E-state index is -0.566. The van der Waals surface area contributed by atoms with Gasteiger partial charge in [-0.2, -0.15) is 0 Å². The molecule has 0 N–H and O–H groups in total. The maximum Gasteiger partial charge on any atom is 0.316 e. The summed E-state index contributed by atoms with van der Waals surface area (Å²) in [4.78, 5) is 24.1. The van der Waals surface area contributed by atoms with Gasteiger partial charge in [0.1, 0.15) is 5.75 Å². The van der Waals surface area contributed by atoms with E-state index in [4.69, 9.17) is 30.2 Å². The van der Waals surface area contributed by atoms with Crippen LogP contribution in [0.5, 0.6) is 11.5 Å². The van der Waals surface area contributed by atoms with Crippen LogP contribution in [0.25, 0.3) is 11.5 Å². The Morgan fingerprint density at radius 3 is 2.86 bits per heavy atom. The minimum absolute atomic E-state index is 0.0682. The largest absolute Gasteiger partial charge is 0.457 e. The van der Waals surface area contributed by atoms with Gasteiger partial charge in [0.25, 0.3) is 5.22 Å². The molecule has 0 spiro atoms. The fourth-order valence-electron chi connectivity index (χ4n) is 2.26. The van der Waals surface area contributed by atoms with E-state index in [2.05, 4.69) is 10.2 Å². The molecule has 0 atom stereocenters. The summed E-state index contributed by atoms with van der Waals surface area (Å²) >= 11 is 7.93. The highest BCUT2D eigenvalue weighted by atomic mass is 35.5. The van der Waals surface area contributed by atoms with Crippen molar-refractivity contribution in [2.75, 3.05) is 19.2 Å². The number of thioether (sulfide) groups is 1. The molecular formula is C17H11ClN2O6S2. The summed E-state index contributed by atoms with van der Waals surface area (Å²) in [5.41, 5.74) is 0.673. The van der Waals surface area contributed by atoms with Gasteiger partial charge < -0.3 is 18.6 Å². The van der Waals surface area contributed by atoms with Crippen LogP contribution in [0.3, 0.4) is 0 Å². The second-order valence-electron chi connectivity index (χ2n) is 5.42. The van der Waals surface area contributed by atoms with Crippen LogP contribution in [0.1, 0.15) is 9.67 Å². The number of halogens is 1. The number of carbonyl (C=O) groups is 2. The fourth-order valence-corrected chi connectivity index (χ4v) is 3.79. The summed E-state index contributed by atoms with van der Waals surface area (Å²) in [6, 6.07) is 8.47. The van der Waals surface area contributed by atoms with Gasteiger partial charge in [-0.15, -0.1) is 21.5 Å². The summed E-state index contributed by atoms with van der Waals surface area (Å²) in [7, 11) is 0. The van der Waals surface area contributed by atoms with Crippen molar-refractivity contribution in [1.29, 1.82) is 0 Å². The molecule has 4 rings (SSSR count). The smallest absolute Gasteiger partial charge is 0.316 e. The molecule has 0 amide bonds. The number of benzene rings is 1. The number of Topliss-reactive ketones (excluding diaryl/α,β-unsaturated/α-hetero) is 1. The van der Waals surface area contributed by atoms with Gasteiger partial charge in [0, 0.05) is 5.56 Å². The first kappa shape index (κ1) is 18.8. The summed E-state index contributed by atoms with van der Waals surface area (Å²) in [5.74, 6) is 0.604. The van der Waals surface area contributed by atoms with Gasteiger partial charge in [-0.3, -0.25) is 9.59 Å². The number of esters is 1. The van der Waals surface area contributed by atoms with Gasteiger partial charge in [-0.1, -0.05) is 23.4 Å². The lowest BCUT2D eigenvalue weighted by Crippen LogP contribution is -2.14. The van der Waals surface area contributed by atoms with Crippen LogP contribution in [-0.4, -0.2) is 41.1 Å². The minimum Gasteiger partial charge on any atom is -0.457 e. The SMILES string of the molecule is O=C(CSc1nnc(-c2ccc3c(c2)OCO3)o1)OCC(=O)c1ccc(Cl)s1. The standard InChI is InChI=1S/C17H11ClN2O6S2/c18-14-4-3-13(28-14)10(21)6-23-15(22)7-27-17-20-19-16(26-17)9-1-2-11-12(5-9)25-8-24-11/h1-5H,6-8H2. The molecule has 3 aromatic rings. The van der Waals surface area contributed by atoms with Gasteiger partial charge in [-0.05, 0) is 30.3 Å². The van der Waals surface area contributed by atoms with Crippen LogP contribution < -0.4 is 9.47 Å². The number of nitrogens with zero attached hydrogens (tertiary/aromatic N) is 2. The molecule has 144 valence electrons. The number of ether oxygens (including phenoxy) is 3. The molecule has 0 saturated carbocycles. The number of fused-ring (bicyclic) bond motifs is 1. The Morgan fingerprint density at radius 1 is 1.18 bits per heavy atom. The Kier molecular flexibility index (Phi) is 5.51. The summed E-state index contributed by atoms with van der Waals surface area (Å²) in [5, 5.41) is 8.05. The highest BCUT2D eigenvalue weighted by Gasteiger charge is 2.18. The summed E-state index contributed by atoms with van der Waals surface area (Å²) < 4.78 is 21.6. The monoisotopic (exact) mass is 438 g/mol. The average molecular weight is 439 g/mol. The highest BCUT2D eigenvalue weighted by molar-refractivity contribution is 7.99. The normalized spacial score (nSPS) is 12.2. The zero-order valence-corrected chi connectivity index (χ0v) is 16.4. The lowest BCUT2D eigenvalue weighted by molar-refractivity contribution is -0.139. The summed E-state index contributed by atoms with van der Waals surface area (Å²) in [6.45, 7) is -0.170. The van der Waals surface area contributed by atoms with Crippen LogP contribution >= 0.6 is 34.7 Å². The Labute approximate surface area is 171 Å². The van der Waals surface area contributed by atoms with E-state index in [1.165, 1.54) is 0 Å². The zero-order valence-electron chi connectivity index (χ0n) is 14.0. The van der Waals surface area contributed by atoms with Crippen LogP contribution in [0, 0.1) is 0 Å². The van der Waals surface area contributed by atoms with E-state index in [1.54, 1.807) is 30.3 Å². The predicted molar refractivity (Wildman–Crippen MR) is 101 cm³/mol. The lowest BCUT2D eigenvalue weighted by atomic mass is 10.2. The van der Waals surface area contributed by atoms with E-state index in [-0.39, 0.29) is 30.2 Å². The molecule has 8 nitrogen and oxygen atoms in total. The second-order valence-corrected chi connectivity index (χ2v) is 8.06. The predicted octanol–water partition coefficient (Wildman–Crippen LogP) is 3.70. The van der Waals surface area contributed by atoms with Gasteiger partial charge in [-0.25, -0.2) is 0 Å². The highest BCUT2D eigenvalue weighted by Crippen LogP contribution is 2.36. The van der Waals surface area contributed by atoms with E-state index >= 15 is 0 Å². The van der Waals surface area contributed by atoms with Crippen molar-refractivity contribution >= 4 is 46.5 Å². The first-order valence-electron chi connectivity index (χ1n) is 7.89. The van der Waals surface area contributed by atoms with Crippen molar-refractivity contribution in [1.82, 2.24) is 10.2 Å². The Bertz CT molecular complexity index is 1030. The molecule has 0 fully saturated rings. The van der Waals surface area contributed by atoms with Crippen molar-refractivity contribution in [3.05, 3.63) is 39.5 Å². The number of hydrogen-bond donors (Lipinski definition) is 0. The molecule has 0 radical (unpaired) electrons. The van der Waals surface area contributed by atoms with Gasteiger partial charge >= 0.3 is 5.97 Å². The molecule has 0 saturated heterocycles. The molecule has 0 bridgehead atoms. The molecule has 28 heavy (non-hydrogen) atoms. The van der Waals surface area contributed by atoms with Gasteiger partial charge in [0.2, 0.25) is 18.5 Å². The van der Waals surface area contributed by atoms with Crippen LogP contribution in [0.15, 0.2) is 40.0 Å². The van der Waals surface area contributed by atoms with Crippen molar-refractivity contribution in [2.45, 2.75) is 5.22 Å². The van der Waals surface area contributed by atoms with Gasteiger partial charge in [0.05, 0.1) is 9.21 Å². The van der Waals surface area contributed by atoms with E-state index in [0.29, 0.717) is 32.2 Å². The Hall–Kier alpha value is -2.56. The molecule has 1 aliphatic rings. The van der Waals surface area contributed by atoms with E-state index in [1.807, 2.05) is 0 Å². The van der Waals surface area contributed by atoms with Crippen molar-refractivity contribution < 1.29 is 28.2 Å². The number of thiophene rings is 1.